The van der Waals surface area contributed by atoms with Crippen LogP contribution in [0.15, 0.2) is 30.3 Å². The van der Waals surface area contributed by atoms with Gasteiger partial charge in [-0.1, -0.05) is 30.4 Å². The normalized spacial score (nSPS) is 18.7. The average Bonchev–Trinajstić information content (AvgIpc) is 2.99. The molecule has 3 nitrogen and oxygen atoms in total. The Labute approximate surface area is 157 Å². The Bertz CT molecular complexity index is 990. The standard InChI is InChI=1S/C21H25NO2Si2/c1-13-18-12-17(21(22)23)19(20(13)26(4,5)24-25(18,2)3)16-11-7-9-14-8-6-10-15(14)16/h6-7,9-12H,8H2,1-5H3,(H2,22,23). The van der Waals surface area contributed by atoms with Gasteiger partial charge in [-0.05, 0) is 83.8 Å². The largest absolute Gasteiger partial charge is 0.449 e. The fourth-order valence-corrected chi connectivity index (χ4v) is 14.4. The number of hydrogen-bond acceptors (Lipinski definition) is 2. The first-order valence-corrected chi connectivity index (χ1v) is 14.9. The van der Waals surface area contributed by atoms with Crippen molar-refractivity contribution in [2.24, 2.45) is 5.73 Å². The molecule has 26 heavy (non-hydrogen) atoms. The van der Waals surface area contributed by atoms with Gasteiger partial charge < -0.3 is 9.85 Å². The Kier molecular flexibility index (Phi) is 3.71. The molecule has 1 heterocycles. The highest BCUT2D eigenvalue weighted by Gasteiger charge is 2.46. The van der Waals surface area contributed by atoms with Crippen molar-refractivity contribution in [3.8, 4) is 11.1 Å². The van der Waals surface area contributed by atoms with Gasteiger partial charge in [0.15, 0.2) is 0 Å². The van der Waals surface area contributed by atoms with Crippen LogP contribution in [0.25, 0.3) is 17.2 Å². The summed E-state index contributed by atoms with van der Waals surface area (Å²) in [6.07, 6.45) is 5.29. The van der Waals surface area contributed by atoms with Crippen LogP contribution in [0.4, 0.5) is 0 Å². The molecule has 2 aromatic rings. The van der Waals surface area contributed by atoms with Gasteiger partial charge in [0.1, 0.15) is 0 Å². The number of hydrogen-bond donors (Lipinski definition) is 1. The van der Waals surface area contributed by atoms with Crippen molar-refractivity contribution >= 4 is 39.0 Å². The van der Waals surface area contributed by atoms with Crippen LogP contribution in [0.5, 0.6) is 0 Å². The van der Waals surface area contributed by atoms with Crippen molar-refractivity contribution < 1.29 is 8.91 Å². The van der Waals surface area contributed by atoms with E-state index in [1.807, 2.05) is 6.07 Å². The van der Waals surface area contributed by atoms with Gasteiger partial charge in [-0.25, -0.2) is 0 Å². The van der Waals surface area contributed by atoms with Crippen molar-refractivity contribution in [2.75, 3.05) is 0 Å². The van der Waals surface area contributed by atoms with Gasteiger partial charge in [-0.15, -0.1) is 0 Å². The second-order valence-electron chi connectivity index (χ2n) is 8.32. The summed E-state index contributed by atoms with van der Waals surface area (Å²) in [4.78, 5) is 12.5. The zero-order chi connectivity index (χ0) is 18.9. The lowest BCUT2D eigenvalue weighted by atomic mass is 9.91. The van der Waals surface area contributed by atoms with E-state index in [0.717, 1.165) is 17.5 Å². The SMILES string of the molecule is Cc1c2cc(C(N)=O)c(-c3cccc4c3C=CC4)c1[Si](C)(C)O[Si]2(C)C. The number of carbonyl (C=O) groups excluding carboxylic acids is 1. The van der Waals surface area contributed by atoms with Crippen LogP contribution in [-0.2, 0) is 10.5 Å². The zero-order valence-corrected chi connectivity index (χ0v) is 18.1. The predicted molar refractivity (Wildman–Crippen MR) is 113 cm³/mol. The lowest BCUT2D eigenvalue weighted by Gasteiger charge is -2.43. The predicted octanol–water partition coefficient (Wildman–Crippen LogP) is 3.18. The van der Waals surface area contributed by atoms with Crippen molar-refractivity contribution in [1.82, 2.24) is 0 Å². The number of rotatable bonds is 2. The van der Waals surface area contributed by atoms with Gasteiger partial charge in [-0.3, -0.25) is 4.79 Å². The Morgan fingerprint density at radius 1 is 1.15 bits per heavy atom. The molecule has 2 N–H and O–H groups in total. The molecule has 5 heteroatoms. The number of fused-ring (bicyclic) bond motifs is 3. The quantitative estimate of drug-likeness (QED) is 0.815. The molecule has 0 atom stereocenters. The molecule has 2 aromatic carbocycles. The molecule has 134 valence electrons. The average molecular weight is 380 g/mol. The molecule has 0 unspecified atom stereocenters. The molecule has 0 saturated carbocycles. The number of primary amides is 1. The van der Waals surface area contributed by atoms with E-state index in [-0.39, 0.29) is 5.91 Å². The first-order valence-electron chi connectivity index (χ1n) is 9.11. The summed E-state index contributed by atoms with van der Waals surface area (Å²) in [5.41, 5.74) is 12.5. The van der Waals surface area contributed by atoms with E-state index < -0.39 is 16.6 Å². The Hall–Kier alpha value is -1.96. The molecule has 1 aliphatic carbocycles. The van der Waals surface area contributed by atoms with Crippen LogP contribution < -0.4 is 16.1 Å². The van der Waals surface area contributed by atoms with E-state index >= 15 is 0 Å². The zero-order valence-electron chi connectivity index (χ0n) is 16.1. The van der Waals surface area contributed by atoms with Gasteiger partial charge in [0, 0.05) is 5.56 Å². The number of benzene rings is 2. The summed E-state index contributed by atoms with van der Waals surface area (Å²) >= 11 is 0. The Morgan fingerprint density at radius 2 is 1.88 bits per heavy atom. The third kappa shape index (κ3) is 2.38. The lowest BCUT2D eigenvalue weighted by Crippen LogP contribution is -2.66. The van der Waals surface area contributed by atoms with E-state index in [1.54, 1.807) is 0 Å². The summed E-state index contributed by atoms with van der Waals surface area (Å²) in [6.45, 7) is 11.1. The minimum atomic E-state index is -2.16. The molecule has 2 bridgehead atoms. The van der Waals surface area contributed by atoms with Gasteiger partial charge in [0.2, 0.25) is 22.5 Å². The summed E-state index contributed by atoms with van der Waals surface area (Å²) in [5.74, 6) is -0.349. The fraction of sp³-hybridized carbons (Fsp3) is 0.286. The van der Waals surface area contributed by atoms with Crippen LogP contribution in [0, 0.1) is 6.92 Å². The molecule has 0 fully saturated rings. The smallest absolute Gasteiger partial charge is 0.249 e. The van der Waals surface area contributed by atoms with Crippen molar-refractivity contribution in [3.05, 3.63) is 52.6 Å². The third-order valence-electron chi connectivity index (χ3n) is 5.70. The van der Waals surface area contributed by atoms with E-state index in [0.29, 0.717) is 5.56 Å². The topological polar surface area (TPSA) is 52.3 Å². The molecular formula is C21H25NO2Si2. The minimum Gasteiger partial charge on any atom is -0.449 e. The van der Waals surface area contributed by atoms with Crippen LogP contribution in [0.2, 0.25) is 26.2 Å². The monoisotopic (exact) mass is 379 g/mol. The molecule has 0 spiro atoms. The number of nitrogens with two attached hydrogens (primary N) is 1. The highest BCUT2D eigenvalue weighted by Crippen LogP contribution is 2.36. The third-order valence-corrected chi connectivity index (χ3v) is 13.4. The van der Waals surface area contributed by atoms with Gasteiger partial charge >= 0.3 is 0 Å². The molecule has 2 aliphatic rings. The summed E-state index contributed by atoms with van der Waals surface area (Å²) in [7, 11) is -4.20. The second-order valence-corrected chi connectivity index (χ2v) is 16.2. The number of allylic oxidation sites excluding steroid dienone is 1. The van der Waals surface area contributed by atoms with Crippen LogP contribution in [0.3, 0.4) is 0 Å². The molecule has 1 aliphatic heterocycles. The number of carbonyl (C=O) groups is 1. The maximum Gasteiger partial charge on any atom is 0.249 e. The van der Waals surface area contributed by atoms with Crippen molar-refractivity contribution in [1.29, 1.82) is 0 Å². The Morgan fingerprint density at radius 3 is 2.58 bits per heavy atom. The highest BCUT2D eigenvalue weighted by atomic mass is 28.4. The van der Waals surface area contributed by atoms with Gasteiger partial charge in [0.25, 0.3) is 0 Å². The summed E-state index contributed by atoms with van der Waals surface area (Å²) in [6, 6.07) is 8.38. The lowest BCUT2D eigenvalue weighted by molar-refractivity contribution is 0.100. The minimum absolute atomic E-state index is 0.349. The van der Waals surface area contributed by atoms with Crippen molar-refractivity contribution in [3.63, 3.8) is 0 Å². The van der Waals surface area contributed by atoms with Crippen LogP contribution in [0.1, 0.15) is 27.0 Å². The molecule has 4 rings (SSSR count). The van der Waals surface area contributed by atoms with E-state index in [1.165, 1.54) is 27.1 Å². The summed E-state index contributed by atoms with van der Waals surface area (Å²) < 4.78 is 6.75. The molecule has 0 aromatic heterocycles. The van der Waals surface area contributed by atoms with E-state index in [2.05, 4.69) is 63.5 Å². The molecule has 0 radical (unpaired) electrons. The van der Waals surface area contributed by atoms with E-state index in [9.17, 15) is 4.79 Å². The van der Waals surface area contributed by atoms with Gasteiger partial charge in [0.05, 0.1) is 0 Å². The first kappa shape index (κ1) is 17.5. The second kappa shape index (κ2) is 5.52. The molecular weight excluding hydrogens is 354 g/mol. The maximum atomic E-state index is 12.5. The fourth-order valence-electron chi connectivity index (χ4n) is 4.89. The Balaban J connectivity index is 2.16. The van der Waals surface area contributed by atoms with Crippen LogP contribution in [-0.4, -0.2) is 22.5 Å². The highest BCUT2D eigenvalue weighted by molar-refractivity contribution is 7.00. The van der Waals surface area contributed by atoms with Crippen molar-refractivity contribution in [2.45, 2.75) is 39.5 Å². The molecule has 1 amide bonds. The van der Waals surface area contributed by atoms with E-state index in [4.69, 9.17) is 9.85 Å². The number of amides is 1. The first-order chi connectivity index (χ1) is 12.1. The molecule has 0 saturated heterocycles. The maximum absolute atomic E-state index is 12.5. The summed E-state index contributed by atoms with van der Waals surface area (Å²) in [5, 5.41) is 2.45. The van der Waals surface area contributed by atoms with Gasteiger partial charge in [-0.2, -0.15) is 0 Å². The van der Waals surface area contributed by atoms with Crippen LogP contribution >= 0.6 is 0 Å².